The molecule has 1 heterocycles. The summed E-state index contributed by atoms with van der Waals surface area (Å²) in [5, 5.41) is 14.0. The van der Waals surface area contributed by atoms with Crippen LogP contribution in [0.25, 0.3) is 0 Å². The number of hydrogen-bond acceptors (Lipinski definition) is 6. The van der Waals surface area contributed by atoms with Crippen molar-refractivity contribution in [1.29, 1.82) is 0 Å². The van der Waals surface area contributed by atoms with Gasteiger partial charge in [-0.2, -0.15) is 0 Å². The Morgan fingerprint density at radius 3 is 2.45 bits per heavy atom. The monoisotopic (exact) mass is 426 g/mol. The summed E-state index contributed by atoms with van der Waals surface area (Å²) in [5.74, 6) is -0.120. The van der Waals surface area contributed by atoms with E-state index in [9.17, 15) is 9.59 Å². The second-order valence-corrected chi connectivity index (χ2v) is 8.67. The van der Waals surface area contributed by atoms with Crippen molar-refractivity contribution >= 4 is 40.6 Å². The largest absolute Gasteiger partial charge is 0.353 e. The van der Waals surface area contributed by atoms with Crippen LogP contribution in [-0.4, -0.2) is 33.8 Å². The van der Waals surface area contributed by atoms with Crippen molar-refractivity contribution in [2.24, 2.45) is 0 Å². The summed E-state index contributed by atoms with van der Waals surface area (Å²) in [5.41, 5.74) is 1.96. The van der Waals surface area contributed by atoms with Gasteiger partial charge in [-0.3, -0.25) is 9.59 Å². The van der Waals surface area contributed by atoms with Gasteiger partial charge in [-0.05, 0) is 37.5 Å². The lowest BCUT2D eigenvalue weighted by Gasteiger charge is -2.13. The highest BCUT2D eigenvalue weighted by Gasteiger charge is 2.15. The van der Waals surface area contributed by atoms with E-state index < -0.39 is 0 Å². The summed E-state index contributed by atoms with van der Waals surface area (Å²) in [6.07, 6.45) is 1.80. The molecule has 0 aliphatic heterocycles. The molecule has 0 spiro atoms. The molecule has 0 aliphatic rings. The van der Waals surface area contributed by atoms with Crippen molar-refractivity contribution in [2.75, 3.05) is 11.1 Å². The van der Waals surface area contributed by atoms with E-state index in [1.165, 1.54) is 28.7 Å². The Balaban J connectivity index is 1.40. The van der Waals surface area contributed by atoms with E-state index in [4.69, 9.17) is 0 Å². The summed E-state index contributed by atoms with van der Waals surface area (Å²) >= 11 is 2.46. The van der Waals surface area contributed by atoms with E-state index in [-0.39, 0.29) is 28.6 Å². The Kier molecular flexibility index (Phi) is 7.77. The van der Waals surface area contributed by atoms with Crippen LogP contribution in [0.2, 0.25) is 0 Å². The zero-order valence-corrected chi connectivity index (χ0v) is 17.6. The number of para-hydroxylation sites is 1. The fraction of sp³-hybridized carbons (Fsp3) is 0.238. The number of nitrogens with zero attached hydrogens (tertiary/aromatic N) is 2. The van der Waals surface area contributed by atoms with Gasteiger partial charge in [-0.15, -0.1) is 10.2 Å². The first-order valence-corrected chi connectivity index (χ1v) is 11.1. The molecular weight excluding hydrogens is 404 g/mol. The highest BCUT2D eigenvalue weighted by atomic mass is 32.2. The fourth-order valence-corrected chi connectivity index (χ4v) is 4.17. The SMILES string of the molecule is C[C@@H](CCc1ccccc1)NC(=O)CSc1nnc(C(=O)Nc2ccccc2)s1. The number of thioether (sulfide) groups is 1. The summed E-state index contributed by atoms with van der Waals surface area (Å²) in [6, 6.07) is 19.5. The second-order valence-electron chi connectivity index (χ2n) is 6.47. The molecule has 6 nitrogen and oxygen atoms in total. The third-order valence-corrected chi connectivity index (χ3v) is 6.13. The first-order valence-electron chi connectivity index (χ1n) is 9.26. The standard InChI is InChI=1S/C21H22N4O2S2/c1-15(12-13-16-8-4-2-5-9-16)22-18(26)14-28-21-25-24-20(29-21)19(27)23-17-10-6-3-7-11-17/h2-11,15H,12-14H2,1H3,(H,22,26)(H,23,27)/t15-/m0/s1. The third kappa shape index (κ3) is 6.99. The van der Waals surface area contributed by atoms with E-state index in [0.29, 0.717) is 10.0 Å². The number of carbonyl (C=O) groups excluding carboxylic acids is 2. The smallest absolute Gasteiger partial charge is 0.286 e. The number of rotatable bonds is 9. The van der Waals surface area contributed by atoms with Crippen molar-refractivity contribution in [3.8, 4) is 0 Å². The highest BCUT2D eigenvalue weighted by Crippen LogP contribution is 2.23. The van der Waals surface area contributed by atoms with Gasteiger partial charge in [0, 0.05) is 11.7 Å². The summed E-state index contributed by atoms with van der Waals surface area (Å²) in [6.45, 7) is 2.00. The minimum absolute atomic E-state index is 0.0546. The van der Waals surface area contributed by atoms with Crippen molar-refractivity contribution in [3.05, 3.63) is 71.2 Å². The second kappa shape index (κ2) is 10.7. The molecule has 3 aromatic rings. The Morgan fingerprint density at radius 2 is 1.72 bits per heavy atom. The molecule has 8 heteroatoms. The molecular formula is C21H22N4O2S2. The lowest BCUT2D eigenvalue weighted by atomic mass is 10.1. The third-order valence-electron chi connectivity index (χ3n) is 4.08. The van der Waals surface area contributed by atoms with Crippen LogP contribution in [0.4, 0.5) is 5.69 Å². The first-order chi connectivity index (χ1) is 14.1. The van der Waals surface area contributed by atoms with Gasteiger partial charge in [0.1, 0.15) is 0 Å². The molecule has 29 heavy (non-hydrogen) atoms. The van der Waals surface area contributed by atoms with E-state index >= 15 is 0 Å². The van der Waals surface area contributed by atoms with Gasteiger partial charge >= 0.3 is 0 Å². The van der Waals surface area contributed by atoms with Gasteiger partial charge < -0.3 is 10.6 Å². The van der Waals surface area contributed by atoms with Crippen LogP contribution in [0.5, 0.6) is 0 Å². The molecule has 2 aromatic carbocycles. The van der Waals surface area contributed by atoms with Crippen molar-refractivity contribution in [1.82, 2.24) is 15.5 Å². The molecule has 150 valence electrons. The van der Waals surface area contributed by atoms with Crippen LogP contribution in [0.15, 0.2) is 65.0 Å². The van der Waals surface area contributed by atoms with Crippen LogP contribution in [0, 0.1) is 0 Å². The molecule has 0 aliphatic carbocycles. The van der Waals surface area contributed by atoms with Gasteiger partial charge in [0.2, 0.25) is 10.9 Å². The minimum atomic E-state index is -0.306. The quantitative estimate of drug-likeness (QED) is 0.505. The number of hydrogen-bond donors (Lipinski definition) is 2. The maximum atomic E-state index is 12.2. The van der Waals surface area contributed by atoms with Crippen LogP contribution >= 0.6 is 23.1 Å². The van der Waals surface area contributed by atoms with Crippen LogP contribution in [0.1, 0.15) is 28.7 Å². The molecule has 1 aromatic heterocycles. The van der Waals surface area contributed by atoms with Gasteiger partial charge in [0.15, 0.2) is 4.34 Å². The molecule has 2 amide bonds. The van der Waals surface area contributed by atoms with Crippen molar-refractivity contribution in [2.45, 2.75) is 30.1 Å². The molecule has 0 fully saturated rings. The number of nitrogens with one attached hydrogen (secondary N) is 2. The van der Waals surface area contributed by atoms with E-state index in [0.717, 1.165) is 12.8 Å². The molecule has 0 saturated carbocycles. The molecule has 0 unspecified atom stereocenters. The van der Waals surface area contributed by atoms with Crippen LogP contribution < -0.4 is 10.6 Å². The average Bonchev–Trinajstić information content (AvgIpc) is 3.22. The Bertz CT molecular complexity index is 932. The summed E-state index contributed by atoms with van der Waals surface area (Å²) in [7, 11) is 0. The molecule has 1 atom stereocenters. The average molecular weight is 427 g/mol. The predicted octanol–water partition coefficient (Wildman–Crippen LogP) is 4.02. The molecule has 0 bridgehead atoms. The van der Waals surface area contributed by atoms with Gasteiger partial charge in [0.25, 0.3) is 5.91 Å². The normalized spacial score (nSPS) is 11.6. The van der Waals surface area contributed by atoms with Gasteiger partial charge in [-0.25, -0.2) is 0 Å². The maximum absolute atomic E-state index is 12.2. The zero-order valence-electron chi connectivity index (χ0n) is 16.0. The number of aryl methyl sites for hydroxylation is 1. The van der Waals surface area contributed by atoms with E-state index in [2.05, 4.69) is 33.0 Å². The van der Waals surface area contributed by atoms with Crippen LogP contribution in [0.3, 0.4) is 0 Å². The minimum Gasteiger partial charge on any atom is -0.353 e. The van der Waals surface area contributed by atoms with E-state index in [1.54, 1.807) is 12.1 Å². The predicted molar refractivity (Wildman–Crippen MR) is 117 cm³/mol. The van der Waals surface area contributed by atoms with Crippen LogP contribution in [-0.2, 0) is 11.2 Å². The number of amides is 2. The number of aromatic nitrogens is 2. The van der Waals surface area contributed by atoms with Gasteiger partial charge in [0.05, 0.1) is 5.75 Å². The Morgan fingerprint density at radius 1 is 1.03 bits per heavy atom. The molecule has 3 rings (SSSR count). The van der Waals surface area contributed by atoms with E-state index in [1.807, 2.05) is 43.3 Å². The topological polar surface area (TPSA) is 84.0 Å². The molecule has 2 N–H and O–H groups in total. The number of anilines is 1. The van der Waals surface area contributed by atoms with Crippen molar-refractivity contribution in [3.63, 3.8) is 0 Å². The lowest BCUT2D eigenvalue weighted by molar-refractivity contribution is -0.119. The lowest BCUT2D eigenvalue weighted by Crippen LogP contribution is -2.34. The fourth-order valence-electron chi connectivity index (χ4n) is 2.61. The first kappa shape index (κ1) is 21.0. The summed E-state index contributed by atoms with van der Waals surface area (Å²) < 4.78 is 0.593. The van der Waals surface area contributed by atoms with Crippen molar-refractivity contribution < 1.29 is 9.59 Å². The van der Waals surface area contributed by atoms with Gasteiger partial charge in [-0.1, -0.05) is 71.6 Å². The number of benzene rings is 2. The zero-order chi connectivity index (χ0) is 20.5. The molecule has 0 radical (unpaired) electrons. The molecule has 0 saturated heterocycles. The summed E-state index contributed by atoms with van der Waals surface area (Å²) in [4.78, 5) is 24.4. The Hall–Kier alpha value is -2.71. The highest BCUT2D eigenvalue weighted by molar-refractivity contribution is 8.01. The Labute approximate surface area is 178 Å². The maximum Gasteiger partial charge on any atom is 0.286 e. The number of carbonyl (C=O) groups is 2.